The average Bonchev–Trinajstić information content (AvgIpc) is 3.15. The molecule has 1 N–H and O–H groups in total. The molecule has 1 aromatic heterocycles. The van der Waals surface area contributed by atoms with Crippen LogP contribution in [0.4, 0.5) is 0 Å². The number of amides is 2. The van der Waals surface area contributed by atoms with Gasteiger partial charge in [0.05, 0.1) is 32.3 Å². The normalized spacial score (nSPS) is 13.1. The van der Waals surface area contributed by atoms with Gasteiger partial charge in [-0.05, 0) is 23.3 Å². The van der Waals surface area contributed by atoms with Crippen molar-refractivity contribution in [2.45, 2.75) is 32.6 Å². The molecule has 0 radical (unpaired) electrons. The van der Waals surface area contributed by atoms with E-state index in [2.05, 4.69) is 15.6 Å². The Morgan fingerprint density at radius 3 is 2.70 bits per heavy atom. The Morgan fingerprint density at radius 1 is 1.10 bits per heavy atom. The second-order valence-electron chi connectivity index (χ2n) is 7.18. The fourth-order valence-corrected chi connectivity index (χ4v) is 3.46. The molecule has 2 amide bonds. The summed E-state index contributed by atoms with van der Waals surface area (Å²) in [7, 11) is 1.60. The van der Waals surface area contributed by atoms with E-state index in [4.69, 9.17) is 4.74 Å². The largest absolute Gasteiger partial charge is 0.497 e. The van der Waals surface area contributed by atoms with Gasteiger partial charge in [-0.2, -0.15) is 0 Å². The average molecular weight is 405 g/mol. The van der Waals surface area contributed by atoms with Crippen molar-refractivity contribution in [2.24, 2.45) is 0 Å². The summed E-state index contributed by atoms with van der Waals surface area (Å²) < 4.78 is 6.81. The first-order valence-electron chi connectivity index (χ1n) is 9.75. The van der Waals surface area contributed by atoms with E-state index in [1.165, 1.54) is 0 Å². The second-order valence-corrected chi connectivity index (χ2v) is 7.18. The number of nitrogens with one attached hydrogen (secondary N) is 1. The minimum Gasteiger partial charge on any atom is -0.497 e. The highest BCUT2D eigenvalue weighted by molar-refractivity contribution is 5.79. The zero-order valence-electron chi connectivity index (χ0n) is 16.7. The van der Waals surface area contributed by atoms with Gasteiger partial charge in [-0.15, -0.1) is 5.10 Å². The second kappa shape index (κ2) is 8.77. The number of aromatic nitrogens is 3. The molecule has 154 valence electrons. The predicted octanol–water partition coefficient (Wildman–Crippen LogP) is 1.69. The molecule has 0 saturated carbocycles. The van der Waals surface area contributed by atoms with Crippen LogP contribution in [0, 0.1) is 0 Å². The van der Waals surface area contributed by atoms with E-state index in [0.717, 1.165) is 22.6 Å². The van der Waals surface area contributed by atoms with Crippen molar-refractivity contribution in [1.82, 2.24) is 25.2 Å². The van der Waals surface area contributed by atoms with Crippen molar-refractivity contribution in [3.05, 3.63) is 77.1 Å². The molecule has 4 rings (SSSR count). The third kappa shape index (κ3) is 4.48. The molecule has 0 fully saturated rings. The highest BCUT2D eigenvalue weighted by Crippen LogP contribution is 2.18. The van der Waals surface area contributed by atoms with Gasteiger partial charge in [0.25, 0.3) is 0 Å². The number of rotatable bonds is 7. The molecule has 3 aromatic rings. The van der Waals surface area contributed by atoms with E-state index >= 15 is 0 Å². The third-order valence-corrected chi connectivity index (χ3v) is 5.06. The molecule has 2 aromatic carbocycles. The number of methoxy groups -OCH3 is 1. The van der Waals surface area contributed by atoms with E-state index in [1.807, 2.05) is 54.6 Å². The van der Waals surface area contributed by atoms with Gasteiger partial charge in [0.2, 0.25) is 11.8 Å². The lowest BCUT2D eigenvalue weighted by Gasteiger charge is -2.27. The summed E-state index contributed by atoms with van der Waals surface area (Å²) in [5.74, 6) is 0.610. The van der Waals surface area contributed by atoms with Crippen molar-refractivity contribution in [3.63, 3.8) is 0 Å². The summed E-state index contributed by atoms with van der Waals surface area (Å²) in [5, 5.41) is 11.2. The standard InChI is InChI=1S/C22H23N5O3/c1-30-18-9-5-8-17(10-18)11-21(28)23-12-19-20-14-26(13-16-6-3-2-4-7-16)22(29)15-27(20)25-24-19/h2-10H,11-15H2,1H3,(H,23,28). The lowest BCUT2D eigenvalue weighted by atomic mass is 10.1. The number of hydrogen-bond donors (Lipinski definition) is 1. The molecule has 0 bridgehead atoms. The van der Waals surface area contributed by atoms with Gasteiger partial charge < -0.3 is 15.0 Å². The number of benzene rings is 2. The first-order valence-corrected chi connectivity index (χ1v) is 9.75. The van der Waals surface area contributed by atoms with E-state index in [0.29, 0.717) is 18.8 Å². The lowest BCUT2D eigenvalue weighted by molar-refractivity contribution is -0.135. The van der Waals surface area contributed by atoms with Crippen molar-refractivity contribution < 1.29 is 14.3 Å². The summed E-state index contributed by atoms with van der Waals surface area (Å²) in [4.78, 5) is 26.6. The van der Waals surface area contributed by atoms with Crippen LogP contribution in [0.2, 0.25) is 0 Å². The first kappa shape index (κ1) is 19.6. The maximum Gasteiger partial charge on any atom is 0.245 e. The molecule has 2 heterocycles. The van der Waals surface area contributed by atoms with Crippen molar-refractivity contribution in [2.75, 3.05) is 7.11 Å². The quantitative estimate of drug-likeness (QED) is 0.646. The molecule has 0 saturated heterocycles. The maximum absolute atomic E-state index is 12.4. The smallest absolute Gasteiger partial charge is 0.245 e. The third-order valence-electron chi connectivity index (χ3n) is 5.06. The van der Waals surface area contributed by atoms with Gasteiger partial charge >= 0.3 is 0 Å². The van der Waals surface area contributed by atoms with Crippen LogP contribution in [-0.4, -0.2) is 38.8 Å². The molecule has 8 nitrogen and oxygen atoms in total. The van der Waals surface area contributed by atoms with Crippen LogP contribution in [0.25, 0.3) is 0 Å². The fourth-order valence-electron chi connectivity index (χ4n) is 3.46. The first-order chi connectivity index (χ1) is 14.6. The van der Waals surface area contributed by atoms with Crippen LogP contribution in [0.5, 0.6) is 5.75 Å². The van der Waals surface area contributed by atoms with Gasteiger partial charge in [-0.1, -0.05) is 47.7 Å². The van der Waals surface area contributed by atoms with Gasteiger partial charge in [0.15, 0.2) is 0 Å². The molecular weight excluding hydrogens is 382 g/mol. The minimum atomic E-state index is -0.113. The van der Waals surface area contributed by atoms with Crippen LogP contribution in [0.3, 0.4) is 0 Å². The highest BCUT2D eigenvalue weighted by atomic mass is 16.5. The molecule has 0 unspecified atom stereocenters. The summed E-state index contributed by atoms with van der Waals surface area (Å²) in [6, 6.07) is 17.3. The van der Waals surface area contributed by atoms with Crippen molar-refractivity contribution >= 4 is 11.8 Å². The van der Waals surface area contributed by atoms with Crippen LogP contribution in [-0.2, 0) is 42.2 Å². The Balaban J connectivity index is 1.38. The van der Waals surface area contributed by atoms with E-state index in [9.17, 15) is 9.59 Å². The molecule has 30 heavy (non-hydrogen) atoms. The Bertz CT molecular complexity index is 1050. The van der Waals surface area contributed by atoms with Gasteiger partial charge in [0.1, 0.15) is 18.0 Å². The summed E-state index contributed by atoms with van der Waals surface area (Å²) >= 11 is 0. The van der Waals surface area contributed by atoms with E-state index < -0.39 is 0 Å². The topological polar surface area (TPSA) is 89.3 Å². The van der Waals surface area contributed by atoms with Crippen molar-refractivity contribution in [3.8, 4) is 5.75 Å². The highest BCUT2D eigenvalue weighted by Gasteiger charge is 2.27. The number of hydrogen-bond acceptors (Lipinski definition) is 5. The molecule has 1 aliphatic heterocycles. The molecule has 0 spiro atoms. The van der Waals surface area contributed by atoms with Gasteiger partial charge in [-0.3, -0.25) is 9.59 Å². The number of carbonyl (C=O) groups excluding carboxylic acids is 2. The predicted molar refractivity (Wildman–Crippen MR) is 109 cm³/mol. The van der Waals surface area contributed by atoms with E-state index in [1.54, 1.807) is 16.7 Å². The van der Waals surface area contributed by atoms with Crippen LogP contribution in [0.1, 0.15) is 22.5 Å². The summed E-state index contributed by atoms with van der Waals surface area (Å²) in [5.41, 5.74) is 3.48. The Labute approximate surface area is 174 Å². The molecule has 1 aliphatic rings. The molecular formula is C22H23N5O3. The Kier molecular flexibility index (Phi) is 5.74. The Morgan fingerprint density at radius 2 is 1.90 bits per heavy atom. The van der Waals surface area contributed by atoms with E-state index in [-0.39, 0.29) is 31.3 Å². The van der Waals surface area contributed by atoms with Crippen LogP contribution in [0.15, 0.2) is 54.6 Å². The number of fused-ring (bicyclic) bond motifs is 1. The van der Waals surface area contributed by atoms with Gasteiger partial charge in [-0.25, -0.2) is 4.68 Å². The number of carbonyl (C=O) groups is 2. The number of nitrogens with zero attached hydrogens (tertiary/aromatic N) is 4. The zero-order valence-corrected chi connectivity index (χ0v) is 16.7. The zero-order chi connectivity index (χ0) is 20.9. The summed E-state index contributed by atoms with van der Waals surface area (Å²) in [6.45, 7) is 1.38. The van der Waals surface area contributed by atoms with Gasteiger partial charge in [0, 0.05) is 6.54 Å². The molecule has 8 heteroatoms. The monoisotopic (exact) mass is 405 g/mol. The lowest BCUT2D eigenvalue weighted by Crippen LogP contribution is -2.39. The minimum absolute atomic E-state index is 0.00450. The maximum atomic E-state index is 12.4. The Hall–Kier alpha value is -3.68. The summed E-state index contributed by atoms with van der Waals surface area (Å²) in [6.07, 6.45) is 0.249. The van der Waals surface area contributed by atoms with Crippen LogP contribution < -0.4 is 10.1 Å². The fraction of sp³-hybridized carbons (Fsp3) is 0.273. The number of ether oxygens (including phenoxy) is 1. The van der Waals surface area contributed by atoms with Crippen molar-refractivity contribution in [1.29, 1.82) is 0 Å². The SMILES string of the molecule is COc1cccc(CC(=O)NCc2nnn3c2CN(Cc2ccccc2)C(=O)C3)c1. The molecule has 0 atom stereocenters. The van der Waals surface area contributed by atoms with Crippen LogP contribution >= 0.6 is 0 Å². The molecule has 0 aliphatic carbocycles.